The van der Waals surface area contributed by atoms with Crippen LogP contribution < -0.4 is 4.74 Å². The second-order valence-corrected chi connectivity index (χ2v) is 6.77. The molecule has 0 spiro atoms. The maximum Gasteiger partial charge on any atom is 0.265 e. The van der Waals surface area contributed by atoms with Gasteiger partial charge in [0.1, 0.15) is 5.75 Å². The smallest absolute Gasteiger partial charge is 0.265 e. The van der Waals surface area contributed by atoms with Crippen molar-refractivity contribution >= 4 is 0 Å². The van der Waals surface area contributed by atoms with E-state index in [0.717, 1.165) is 37.0 Å². The SMILES string of the molecule is Cc1ccc(OC(=C2CCCCC2)N2CCCC(F)(F)C2)cc1. The van der Waals surface area contributed by atoms with E-state index in [9.17, 15) is 8.78 Å². The fourth-order valence-electron chi connectivity index (χ4n) is 3.41. The first-order chi connectivity index (χ1) is 11.0. The highest BCUT2D eigenvalue weighted by molar-refractivity contribution is 5.29. The van der Waals surface area contributed by atoms with Crippen LogP contribution in [0.25, 0.3) is 0 Å². The number of alkyl halides is 2. The van der Waals surface area contributed by atoms with Crippen LogP contribution in [0.4, 0.5) is 8.78 Å². The molecule has 1 saturated heterocycles. The van der Waals surface area contributed by atoms with Crippen LogP contribution in [-0.2, 0) is 0 Å². The van der Waals surface area contributed by atoms with Gasteiger partial charge in [0, 0.05) is 13.0 Å². The van der Waals surface area contributed by atoms with Crippen LogP contribution in [0.5, 0.6) is 5.75 Å². The lowest BCUT2D eigenvalue weighted by Gasteiger charge is -2.36. The molecule has 126 valence electrons. The number of ether oxygens (including phenoxy) is 1. The first-order valence-corrected chi connectivity index (χ1v) is 8.63. The van der Waals surface area contributed by atoms with Gasteiger partial charge < -0.3 is 9.64 Å². The minimum Gasteiger partial charge on any atom is -0.441 e. The van der Waals surface area contributed by atoms with E-state index in [1.54, 1.807) is 4.90 Å². The summed E-state index contributed by atoms with van der Waals surface area (Å²) < 4.78 is 33.8. The summed E-state index contributed by atoms with van der Waals surface area (Å²) in [6, 6.07) is 7.81. The molecule has 1 aromatic carbocycles. The lowest BCUT2D eigenvalue weighted by molar-refractivity contribution is -0.0641. The standard InChI is InChI=1S/C19H25F2NO/c1-15-8-10-17(11-9-15)23-18(16-6-3-2-4-7-16)22-13-5-12-19(20,21)14-22/h8-11H,2-7,12-14H2,1H3. The van der Waals surface area contributed by atoms with Crippen molar-refractivity contribution in [3.8, 4) is 5.75 Å². The van der Waals surface area contributed by atoms with Crippen LogP contribution >= 0.6 is 0 Å². The predicted molar refractivity (Wildman–Crippen MR) is 87.7 cm³/mol. The molecule has 0 radical (unpaired) electrons. The van der Waals surface area contributed by atoms with Crippen molar-refractivity contribution in [2.24, 2.45) is 0 Å². The molecular formula is C19H25F2NO. The van der Waals surface area contributed by atoms with Gasteiger partial charge in [-0.3, -0.25) is 0 Å². The van der Waals surface area contributed by atoms with E-state index >= 15 is 0 Å². The molecule has 1 aliphatic heterocycles. The van der Waals surface area contributed by atoms with Crippen molar-refractivity contribution in [3.63, 3.8) is 0 Å². The average molecular weight is 321 g/mol. The van der Waals surface area contributed by atoms with E-state index < -0.39 is 5.92 Å². The van der Waals surface area contributed by atoms with E-state index in [1.807, 2.05) is 31.2 Å². The topological polar surface area (TPSA) is 12.5 Å². The van der Waals surface area contributed by atoms with Crippen molar-refractivity contribution in [3.05, 3.63) is 41.3 Å². The van der Waals surface area contributed by atoms with Crippen molar-refractivity contribution in [2.45, 2.75) is 57.8 Å². The average Bonchev–Trinajstić information content (AvgIpc) is 2.54. The molecule has 1 aliphatic carbocycles. The summed E-state index contributed by atoms with van der Waals surface area (Å²) in [6.07, 6.45) is 5.89. The third-order valence-electron chi connectivity index (χ3n) is 4.68. The summed E-state index contributed by atoms with van der Waals surface area (Å²) in [6.45, 7) is 2.45. The Balaban J connectivity index is 1.86. The summed E-state index contributed by atoms with van der Waals surface area (Å²) >= 11 is 0. The first-order valence-electron chi connectivity index (χ1n) is 8.63. The van der Waals surface area contributed by atoms with Gasteiger partial charge >= 0.3 is 0 Å². The number of likely N-dealkylation sites (tertiary alicyclic amines) is 1. The summed E-state index contributed by atoms with van der Waals surface area (Å²) in [4.78, 5) is 1.77. The number of hydrogen-bond donors (Lipinski definition) is 0. The number of nitrogens with zero attached hydrogens (tertiary/aromatic N) is 1. The van der Waals surface area contributed by atoms with Crippen molar-refractivity contribution in [1.29, 1.82) is 0 Å². The molecule has 1 saturated carbocycles. The van der Waals surface area contributed by atoms with Crippen LogP contribution in [0.3, 0.4) is 0 Å². The molecule has 1 heterocycles. The van der Waals surface area contributed by atoms with E-state index in [2.05, 4.69) is 0 Å². The second-order valence-electron chi connectivity index (χ2n) is 6.77. The Kier molecular flexibility index (Phi) is 4.88. The fraction of sp³-hybridized carbons (Fsp3) is 0.579. The van der Waals surface area contributed by atoms with Crippen LogP contribution in [0.15, 0.2) is 35.7 Å². The number of hydrogen-bond acceptors (Lipinski definition) is 2. The highest BCUT2D eigenvalue weighted by Crippen LogP contribution is 2.34. The van der Waals surface area contributed by atoms with Gasteiger partial charge in [0.15, 0.2) is 5.88 Å². The van der Waals surface area contributed by atoms with Gasteiger partial charge in [-0.05, 0) is 56.7 Å². The Bertz CT molecular complexity index is 557. The third kappa shape index (κ3) is 4.24. The molecule has 0 bridgehead atoms. The zero-order valence-corrected chi connectivity index (χ0v) is 13.8. The van der Waals surface area contributed by atoms with Crippen LogP contribution in [0, 0.1) is 6.92 Å². The number of rotatable bonds is 3. The van der Waals surface area contributed by atoms with Crippen LogP contribution in [-0.4, -0.2) is 23.9 Å². The maximum absolute atomic E-state index is 13.9. The summed E-state index contributed by atoms with van der Waals surface area (Å²) in [7, 11) is 0. The maximum atomic E-state index is 13.9. The van der Waals surface area contributed by atoms with Crippen molar-refractivity contribution < 1.29 is 13.5 Å². The van der Waals surface area contributed by atoms with Gasteiger partial charge in [-0.1, -0.05) is 24.1 Å². The Morgan fingerprint density at radius 3 is 2.39 bits per heavy atom. The zero-order valence-electron chi connectivity index (χ0n) is 13.8. The molecular weight excluding hydrogens is 296 g/mol. The quantitative estimate of drug-likeness (QED) is 0.702. The lowest BCUT2D eigenvalue weighted by Crippen LogP contribution is -2.43. The van der Waals surface area contributed by atoms with Gasteiger partial charge in [0.2, 0.25) is 0 Å². The molecule has 0 aromatic heterocycles. The number of aryl methyl sites for hydroxylation is 1. The summed E-state index contributed by atoms with van der Waals surface area (Å²) in [5, 5.41) is 0. The molecule has 0 atom stereocenters. The highest BCUT2D eigenvalue weighted by Gasteiger charge is 2.37. The largest absolute Gasteiger partial charge is 0.441 e. The molecule has 0 amide bonds. The first kappa shape index (κ1) is 16.3. The molecule has 0 N–H and O–H groups in total. The summed E-state index contributed by atoms with van der Waals surface area (Å²) in [5.74, 6) is -1.19. The Labute approximate surface area is 137 Å². The van der Waals surface area contributed by atoms with E-state index in [0.29, 0.717) is 18.8 Å². The minimum atomic E-state index is -2.62. The molecule has 0 unspecified atom stereocenters. The molecule has 2 fully saturated rings. The minimum absolute atomic E-state index is 0.0172. The summed E-state index contributed by atoms with van der Waals surface area (Å²) in [5.41, 5.74) is 2.36. The zero-order chi connectivity index (χ0) is 16.3. The third-order valence-corrected chi connectivity index (χ3v) is 4.68. The predicted octanol–water partition coefficient (Wildman–Crippen LogP) is 5.28. The lowest BCUT2D eigenvalue weighted by atomic mass is 9.94. The van der Waals surface area contributed by atoms with Crippen LogP contribution in [0.1, 0.15) is 50.5 Å². The van der Waals surface area contributed by atoms with Gasteiger partial charge in [-0.25, -0.2) is 8.78 Å². The van der Waals surface area contributed by atoms with Gasteiger partial charge in [-0.15, -0.1) is 0 Å². The van der Waals surface area contributed by atoms with Crippen molar-refractivity contribution in [1.82, 2.24) is 4.90 Å². The second kappa shape index (κ2) is 6.90. The molecule has 3 rings (SSSR count). The normalized spacial score (nSPS) is 21.2. The Morgan fingerprint density at radius 1 is 1.04 bits per heavy atom. The highest BCUT2D eigenvalue weighted by atomic mass is 19.3. The fourth-order valence-corrected chi connectivity index (χ4v) is 3.41. The van der Waals surface area contributed by atoms with Gasteiger partial charge in [0.25, 0.3) is 5.92 Å². The Hall–Kier alpha value is -1.58. The number of allylic oxidation sites excluding steroid dienone is 1. The molecule has 23 heavy (non-hydrogen) atoms. The van der Waals surface area contributed by atoms with Gasteiger partial charge in [-0.2, -0.15) is 0 Å². The molecule has 4 heteroatoms. The molecule has 2 nitrogen and oxygen atoms in total. The van der Waals surface area contributed by atoms with E-state index in [4.69, 9.17) is 4.74 Å². The van der Waals surface area contributed by atoms with Crippen LogP contribution in [0.2, 0.25) is 0 Å². The van der Waals surface area contributed by atoms with E-state index in [-0.39, 0.29) is 13.0 Å². The van der Waals surface area contributed by atoms with E-state index in [1.165, 1.54) is 12.0 Å². The molecule has 2 aliphatic rings. The monoisotopic (exact) mass is 321 g/mol. The van der Waals surface area contributed by atoms with Gasteiger partial charge in [0.05, 0.1) is 6.54 Å². The van der Waals surface area contributed by atoms with Crippen molar-refractivity contribution in [2.75, 3.05) is 13.1 Å². The number of benzene rings is 1. The number of piperidine rings is 1. The Morgan fingerprint density at radius 2 is 1.74 bits per heavy atom. The molecule has 1 aromatic rings. The number of halogens is 2.